The lowest BCUT2D eigenvalue weighted by molar-refractivity contribution is -0.384. The summed E-state index contributed by atoms with van der Waals surface area (Å²) in [6, 6.07) is 7.97. The van der Waals surface area contributed by atoms with Crippen LogP contribution in [0.1, 0.15) is 28.4 Å². The molecule has 0 spiro atoms. The minimum atomic E-state index is -0.432. The van der Waals surface area contributed by atoms with E-state index in [0.717, 1.165) is 5.56 Å². The normalized spacial score (nSPS) is 10.3. The van der Waals surface area contributed by atoms with Gasteiger partial charge in [0.15, 0.2) is 0 Å². The molecule has 1 N–H and O–H groups in total. The number of amides is 1. The number of non-ortho nitro benzene ring substituents is 1. The first-order chi connectivity index (χ1) is 11.4. The number of benzene rings is 2. The van der Waals surface area contributed by atoms with Crippen molar-refractivity contribution in [3.63, 3.8) is 0 Å². The first-order valence-corrected chi connectivity index (χ1v) is 8.09. The zero-order valence-electron chi connectivity index (χ0n) is 13.6. The second kappa shape index (κ2) is 7.44. The van der Waals surface area contributed by atoms with Crippen LogP contribution in [0.2, 0.25) is 0 Å². The van der Waals surface area contributed by atoms with E-state index in [1.54, 1.807) is 32.2 Å². The predicted molar refractivity (Wildman–Crippen MR) is 95.9 cm³/mol. The quantitative estimate of drug-likeness (QED) is 0.600. The van der Waals surface area contributed by atoms with Crippen LogP contribution >= 0.6 is 15.9 Å². The zero-order chi connectivity index (χ0) is 17.9. The number of halogens is 1. The fourth-order valence-electron chi connectivity index (χ4n) is 2.40. The third-order valence-electron chi connectivity index (χ3n) is 3.65. The Kier molecular flexibility index (Phi) is 5.56. The van der Waals surface area contributed by atoms with Gasteiger partial charge in [-0.1, -0.05) is 6.92 Å². The van der Waals surface area contributed by atoms with E-state index in [4.69, 9.17) is 4.74 Å². The summed E-state index contributed by atoms with van der Waals surface area (Å²) >= 11 is 3.35. The molecule has 126 valence electrons. The van der Waals surface area contributed by atoms with Gasteiger partial charge >= 0.3 is 0 Å². The number of nitrogens with zero attached hydrogens (tertiary/aromatic N) is 1. The summed E-state index contributed by atoms with van der Waals surface area (Å²) in [4.78, 5) is 23.0. The lowest BCUT2D eigenvalue weighted by atomic mass is 10.0. The predicted octanol–water partition coefficient (Wildman–Crippen LogP) is 4.49. The summed E-state index contributed by atoms with van der Waals surface area (Å²) < 4.78 is 5.82. The molecule has 2 rings (SSSR count). The minimum Gasteiger partial charge on any atom is -0.496 e. The maximum atomic E-state index is 12.5. The molecule has 0 aliphatic carbocycles. The molecule has 2 aromatic carbocycles. The lowest BCUT2D eigenvalue weighted by Crippen LogP contribution is -2.14. The van der Waals surface area contributed by atoms with E-state index in [9.17, 15) is 14.9 Å². The number of methoxy groups -OCH3 is 1. The van der Waals surface area contributed by atoms with Gasteiger partial charge in [0.05, 0.1) is 16.5 Å². The Hall–Kier alpha value is -2.41. The highest BCUT2D eigenvalue weighted by molar-refractivity contribution is 9.10. The topological polar surface area (TPSA) is 81.5 Å². The van der Waals surface area contributed by atoms with Crippen LogP contribution < -0.4 is 10.1 Å². The Labute approximate surface area is 148 Å². The maximum absolute atomic E-state index is 12.5. The van der Waals surface area contributed by atoms with Gasteiger partial charge in [0, 0.05) is 23.4 Å². The molecule has 0 saturated carbocycles. The molecular formula is C17H17BrN2O4. The smallest absolute Gasteiger partial charge is 0.270 e. The molecular weight excluding hydrogens is 376 g/mol. The third kappa shape index (κ3) is 3.73. The Morgan fingerprint density at radius 1 is 1.33 bits per heavy atom. The van der Waals surface area contributed by atoms with E-state index in [1.807, 2.05) is 6.92 Å². The van der Waals surface area contributed by atoms with Crippen LogP contribution in [0, 0.1) is 17.0 Å². The average Bonchev–Trinajstić information content (AvgIpc) is 2.55. The number of hydrogen-bond acceptors (Lipinski definition) is 4. The Balaban J connectivity index is 2.35. The molecule has 0 atom stereocenters. The van der Waals surface area contributed by atoms with Gasteiger partial charge in [0.25, 0.3) is 11.6 Å². The summed E-state index contributed by atoms with van der Waals surface area (Å²) in [6.45, 7) is 3.63. The highest BCUT2D eigenvalue weighted by Crippen LogP contribution is 2.29. The molecule has 0 heterocycles. The molecule has 0 saturated heterocycles. The van der Waals surface area contributed by atoms with Crippen LogP contribution in [0.5, 0.6) is 5.75 Å². The van der Waals surface area contributed by atoms with Crippen LogP contribution in [0.15, 0.2) is 34.8 Å². The first-order valence-electron chi connectivity index (χ1n) is 7.30. The molecule has 6 nitrogen and oxygen atoms in total. The van der Waals surface area contributed by atoms with Crippen LogP contribution in [0.25, 0.3) is 0 Å². The van der Waals surface area contributed by atoms with Gasteiger partial charge in [0.1, 0.15) is 5.75 Å². The number of carbonyl (C=O) groups excluding carboxylic acids is 1. The van der Waals surface area contributed by atoms with Gasteiger partial charge < -0.3 is 10.1 Å². The molecule has 7 heteroatoms. The summed E-state index contributed by atoms with van der Waals surface area (Å²) in [7, 11) is 1.55. The molecule has 2 aromatic rings. The largest absolute Gasteiger partial charge is 0.496 e. The summed E-state index contributed by atoms with van der Waals surface area (Å²) in [5.74, 6) is 0.345. The second-order valence-corrected chi connectivity index (χ2v) is 6.07. The fraction of sp³-hybridized carbons (Fsp3) is 0.235. The van der Waals surface area contributed by atoms with Crippen molar-refractivity contribution in [1.29, 1.82) is 0 Å². The minimum absolute atomic E-state index is 0.0227. The number of nitrogens with one attached hydrogen (secondary N) is 1. The van der Waals surface area contributed by atoms with Gasteiger partial charge in [-0.25, -0.2) is 0 Å². The summed E-state index contributed by atoms with van der Waals surface area (Å²) in [5.41, 5.74) is 2.47. The molecule has 0 fully saturated rings. The monoisotopic (exact) mass is 392 g/mol. The number of anilines is 1. The molecule has 0 aliphatic heterocycles. The van der Waals surface area contributed by atoms with Crippen LogP contribution in [0.3, 0.4) is 0 Å². The van der Waals surface area contributed by atoms with Crippen LogP contribution in [-0.2, 0) is 6.42 Å². The molecule has 0 unspecified atom stereocenters. The number of nitro groups is 1. The number of ether oxygens (including phenoxy) is 1. The highest BCUT2D eigenvalue weighted by Gasteiger charge is 2.16. The highest BCUT2D eigenvalue weighted by atomic mass is 79.9. The number of hydrogen-bond donors (Lipinski definition) is 1. The average molecular weight is 393 g/mol. The van der Waals surface area contributed by atoms with Crippen LogP contribution in [-0.4, -0.2) is 17.9 Å². The van der Waals surface area contributed by atoms with Crippen molar-refractivity contribution in [2.24, 2.45) is 0 Å². The second-order valence-electron chi connectivity index (χ2n) is 5.21. The molecule has 0 aliphatic rings. The van der Waals surface area contributed by atoms with Gasteiger partial charge in [0.2, 0.25) is 0 Å². The van der Waals surface area contributed by atoms with Crippen molar-refractivity contribution in [2.45, 2.75) is 20.3 Å². The molecule has 24 heavy (non-hydrogen) atoms. The number of nitro benzene ring substituents is 1. The third-order valence-corrected chi connectivity index (χ3v) is 4.27. The van der Waals surface area contributed by atoms with Crippen molar-refractivity contribution in [1.82, 2.24) is 0 Å². The molecule has 0 aromatic heterocycles. The van der Waals surface area contributed by atoms with Crippen molar-refractivity contribution >= 4 is 33.2 Å². The van der Waals surface area contributed by atoms with E-state index in [0.29, 0.717) is 33.5 Å². The van der Waals surface area contributed by atoms with Gasteiger partial charge in [-0.15, -0.1) is 0 Å². The van der Waals surface area contributed by atoms with E-state index >= 15 is 0 Å². The Bertz CT molecular complexity index is 805. The summed E-state index contributed by atoms with van der Waals surface area (Å²) in [5, 5.41) is 13.8. The zero-order valence-corrected chi connectivity index (χ0v) is 15.1. The van der Waals surface area contributed by atoms with Crippen molar-refractivity contribution < 1.29 is 14.5 Å². The lowest BCUT2D eigenvalue weighted by Gasteiger charge is -2.14. The van der Waals surface area contributed by atoms with Crippen molar-refractivity contribution in [3.05, 3.63) is 61.6 Å². The van der Waals surface area contributed by atoms with Gasteiger partial charge in [-0.2, -0.15) is 0 Å². The van der Waals surface area contributed by atoms with Crippen LogP contribution in [0.4, 0.5) is 11.4 Å². The molecule has 0 bridgehead atoms. The van der Waals surface area contributed by atoms with Crippen molar-refractivity contribution in [3.8, 4) is 5.75 Å². The van der Waals surface area contributed by atoms with E-state index in [1.165, 1.54) is 12.1 Å². The summed E-state index contributed by atoms with van der Waals surface area (Å²) in [6.07, 6.45) is 0.574. The Morgan fingerprint density at radius 3 is 2.58 bits per heavy atom. The van der Waals surface area contributed by atoms with Gasteiger partial charge in [-0.05, 0) is 58.6 Å². The van der Waals surface area contributed by atoms with Crippen molar-refractivity contribution in [2.75, 3.05) is 12.4 Å². The Morgan fingerprint density at radius 2 is 2.04 bits per heavy atom. The van der Waals surface area contributed by atoms with E-state index < -0.39 is 4.92 Å². The van der Waals surface area contributed by atoms with E-state index in [2.05, 4.69) is 21.2 Å². The van der Waals surface area contributed by atoms with Gasteiger partial charge in [-0.3, -0.25) is 14.9 Å². The number of aryl methyl sites for hydroxylation is 2. The maximum Gasteiger partial charge on any atom is 0.270 e. The number of carbonyl (C=O) groups is 1. The standard InChI is InChI=1S/C17H17BrN2O4/c1-4-11-8-13(20(22)23)7-10(2)16(11)19-17(21)12-5-6-15(24-3)14(18)9-12/h5-9H,4H2,1-3H3,(H,19,21). The SMILES string of the molecule is CCc1cc([N+](=O)[O-])cc(C)c1NC(=O)c1ccc(OC)c(Br)c1. The molecule has 0 radical (unpaired) electrons. The first kappa shape index (κ1) is 17.9. The fourth-order valence-corrected chi connectivity index (χ4v) is 2.94. The van der Waals surface area contributed by atoms with E-state index in [-0.39, 0.29) is 11.6 Å². The number of rotatable bonds is 5. The molecule has 1 amide bonds.